The second-order valence-electron chi connectivity index (χ2n) is 4.60. The summed E-state index contributed by atoms with van der Waals surface area (Å²) in [4.78, 5) is 12.1. The van der Waals surface area contributed by atoms with Crippen molar-refractivity contribution < 1.29 is 0 Å². The Morgan fingerprint density at radius 3 is 3.11 bits per heavy atom. The third kappa shape index (κ3) is 2.13. The maximum Gasteiger partial charge on any atom is 0.108 e. The van der Waals surface area contributed by atoms with Gasteiger partial charge in [-0.25, -0.2) is 4.98 Å². The molecule has 0 amide bonds. The first-order chi connectivity index (χ1) is 9.17. The number of H-pyrrole nitrogens is 1. The van der Waals surface area contributed by atoms with Crippen LogP contribution in [0.4, 0.5) is 0 Å². The van der Waals surface area contributed by atoms with Crippen LogP contribution >= 0.6 is 11.6 Å². The molecule has 0 saturated heterocycles. The van der Waals surface area contributed by atoms with Crippen LogP contribution in [0.25, 0.3) is 21.9 Å². The molecule has 2 heterocycles. The third-order valence-electron chi connectivity index (χ3n) is 3.05. The van der Waals surface area contributed by atoms with Crippen molar-refractivity contribution >= 4 is 33.5 Å². The number of nitrogens with one attached hydrogen (secondary N) is 1. The molecular formula is C14H11ClN4. The average molecular weight is 271 g/mol. The normalized spacial score (nSPS) is 12.7. The smallest absolute Gasteiger partial charge is 0.108 e. The lowest BCUT2D eigenvalue weighted by Crippen LogP contribution is -1.97. The van der Waals surface area contributed by atoms with Gasteiger partial charge in [0.15, 0.2) is 0 Å². The lowest BCUT2D eigenvalue weighted by Gasteiger charge is -1.97. The van der Waals surface area contributed by atoms with Crippen LogP contribution in [0.1, 0.15) is 12.7 Å². The van der Waals surface area contributed by atoms with E-state index in [4.69, 9.17) is 16.9 Å². The molecule has 1 N–H and O–H groups in total. The van der Waals surface area contributed by atoms with Crippen molar-refractivity contribution in [2.45, 2.75) is 13.3 Å². The van der Waals surface area contributed by atoms with E-state index in [9.17, 15) is 0 Å². The van der Waals surface area contributed by atoms with Gasteiger partial charge in [0, 0.05) is 16.8 Å². The number of fused-ring (bicyclic) bond motifs is 3. The zero-order chi connectivity index (χ0) is 13.4. The molecule has 3 rings (SSSR count). The quantitative estimate of drug-likeness (QED) is 0.775. The second-order valence-corrected chi connectivity index (χ2v) is 5.04. The monoisotopic (exact) mass is 270 g/mol. The number of aromatic nitrogens is 3. The molecule has 5 heteroatoms. The van der Waals surface area contributed by atoms with Crippen LogP contribution in [0.3, 0.4) is 0 Å². The van der Waals surface area contributed by atoms with Crippen molar-refractivity contribution in [1.29, 1.82) is 5.26 Å². The highest BCUT2D eigenvalue weighted by molar-refractivity contribution is 6.31. The maximum absolute atomic E-state index is 8.86. The zero-order valence-corrected chi connectivity index (χ0v) is 11.1. The van der Waals surface area contributed by atoms with Crippen LogP contribution in [0.2, 0.25) is 5.02 Å². The van der Waals surface area contributed by atoms with E-state index in [0.717, 1.165) is 27.8 Å². The molecule has 1 atom stereocenters. The van der Waals surface area contributed by atoms with Gasteiger partial charge in [-0.05, 0) is 25.1 Å². The van der Waals surface area contributed by atoms with Crippen molar-refractivity contribution in [3.63, 3.8) is 0 Å². The van der Waals surface area contributed by atoms with E-state index in [2.05, 4.69) is 21.0 Å². The van der Waals surface area contributed by atoms with Gasteiger partial charge in [-0.15, -0.1) is 0 Å². The van der Waals surface area contributed by atoms with E-state index in [1.54, 1.807) is 6.20 Å². The van der Waals surface area contributed by atoms with E-state index in [0.29, 0.717) is 11.4 Å². The first-order valence-electron chi connectivity index (χ1n) is 6.00. The van der Waals surface area contributed by atoms with Crippen molar-refractivity contribution in [3.05, 3.63) is 35.2 Å². The van der Waals surface area contributed by atoms with Gasteiger partial charge >= 0.3 is 0 Å². The number of aromatic amines is 1. The van der Waals surface area contributed by atoms with Crippen LogP contribution in [-0.4, -0.2) is 15.0 Å². The second kappa shape index (κ2) is 4.52. The van der Waals surface area contributed by atoms with Gasteiger partial charge in [-0.2, -0.15) is 5.26 Å². The fourth-order valence-electron chi connectivity index (χ4n) is 2.11. The summed E-state index contributed by atoms with van der Waals surface area (Å²) in [5.41, 5.74) is 2.59. The number of hydrogen-bond donors (Lipinski definition) is 1. The molecule has 3 aromatic rings. The molecule has 1 unspecified atom stereocenters. The van der Waals surface area contributed by atoms with E-state index >= 15 is 0 Å². The lowest BCUT2D eigenvalue weighted by molar-refractivity contribution is 0.710. The van der Waals surface area contributed by atoms with E-state index in [1.165, 1.54) is 0 Å². The van der Waals surface area contributed by atoms with Crippen LogP contribution in [0, 0.1) is 17.2 Å². The fraction of sp³-hybridized carbons (Fsp3) is 0.214. The molecule has 1 aromatic carbocycles. The first kappa shape index (κ1) is 11.9. The van der Waals surface area contributed by atoms with Crippen molar-refractivity contribution in [3.8, 4) is 6.07 Å². The third-order valence-corrected chi connectivity index (χ3v) is 3.28. The van der Waals surface area contributed by atoms with Crippen LogP contribution in [-0.2, 0) is 6.42 Å². The van der Waals surface area contributed by atoms with E-state index in [1.807, 2.05) is 25.1 Å². The Morgan fingerprint density at radius 1 is 1.47 bits per heavy atom. The Bertz CT molecular complexity index is 800. The summed E-state index contributed by atoms with van der Waals surface area (Å²) in [6, 6.07) is 7.76. The van der Waals surface area contributed by atoms with Gasteiger partial charge in [0.05, 0.1) is 34.7 Å². The van der Waals surface area contributed by atoms with Crippen LogP contribution < -0.4 is 0 Å². The maximum atomic E-state index is 8.86. The van der Waals surface area contributed by atoms with Crippen molar-refractivity contribution in [2.24, 2.45) is 5.92 Å². The van der Waals surface area contributed by atoms with Gasteiger partial charge in [-0.3, -0.25) is 4.98 Å². The Morgan fingerprint density at radius 2 is 2.32 bits per heavy atom. The molecule has 0 spiro atoms. The topological polar surface area (TPSA) is 65.4 Å². The van der Waals surface area contributed by atoms with Gasteiger partial charge in [0.2, 0.25) is 0 Å². The number of nitriles is 1. The molecule has 0 bridgehead atoms. The fourth-order valence-corrected chi connectivity index (χ4v) is 2.29. The van der Waals surface area contributed by atoms with Gasteiger partial charge in [0.1, 0.15) is 5.82 Å². The van der Waals surface area contributed by atoms with Crippen molar-refractivity contribution in [1.82, 2.24) is 15.0 Å². The Kier molecular flexibility index (Phi) is 2.84. The largest absolute Gasteiger partial charge is 0.341 e. The SMILES string of the molecule is CC(C#N)Cc1nc2c(cnc3ccc(Cl)cc32)[nH]1. The molecule has 94 valence electrons. The van der Waals surface area contributed by atoms with E-state index in [-0.39, 0.29) is 5.92 Å². The molecule has 0 radical (unpaired) electrons. The summed E-state index contributed by atoms with van der Waals surface area (Å²) in [5.74, 6) is 0.738. The highest BCUT2D eigenvalue weighted by Crippen LogP contribution is 2.25. The van der Waals surface area contributed by atoms with Gasteiger partial charge in [0.25, 0.3) is 0 Å². The number of benzene rings is 1. The number of rotatable bonds is 2. The number of imidazole rings is 1. The molecule has 0 aliphatic rings. The predicted molar refractivity (Wildman–Crippen MR) is 74.9 cm³/mol. The minimum absolute atomic E-state index is 0.0663. The molecular weight excluding hydrogens is 260 g/mol. The standard InChI is InChI=1S/C14H11ClN4/c1-8(6-16)4-13-18-12-7-17-11-3-2-9(15)5-10(11)14(12)19-13/h2-3,5,7-8H,4H2,1H3,(H,18,19). The summed E-state index contributed by atoms with van der Waals surface area (Å²) >= 11 is 6.02. The van der Waals surface area contributed by atoms with Crippen LogP contribution in [0.5, 0.6) is 0 Å². The van der Waals surface area contributed by atoms with Gasteiger partial charge < -0.3 is 4.98 Å². The molecule has 4 nitrogen and oxygen atoms in total. The number of pyridine rings is 1. The average Bonchev–Trinajstić information content (AvgIpc) is 2.81. The Hall–Kier alpha value is -2.12. The first-order valence-corrected chi connectivity index (χ1v) is 6.37. The highest BCUT2D eigenvalue weighted by Gasteiger charge is 2.10. The predicted octanol–water partition coefficient (Wildman–Crippen LogP) is 3.47. The Balaban J connectivity index is 2.19. The van der Waals surface area contributed by atoms with E-state index < -0.39 is 0 Å². The Labute approximate surface area is 115 Å². The van der Waals surface area contributed by atoms with Crippen molar-refractivity contribution in [2.75, 3.05) is 0 Å². The molecule has 0 saturated carbocycles. The summed E-state index contributed by atoms with van der Waals surface area (Å²) in [5, 5.41) is 10.4. The molecule has 0 aliphatic carbocycles. The summed E-state index contributed by atoms with van der Waals surface area (Å²) in [6.45, 7) is 1.88. The molecule has 19 heavy (non-hydrogen) atoms. The number of halogens is 1. The zero-order valence-electron chi connectivity index (χ0n) is 10.3. The highest BCUT2D eigenvalue weighted by atomic mass is 35.5. The van der Waals surface area contributed by atoms with Gasteiger partial charge in [-0.1, -0.05) is 11.6 Å². The molecule has 0 fully saturated rings. The summed E-state index contributed by atoms with van der Waals surface area (Å²) in [7, 11) is 0. The number of hydrogen-bond acceptors (Lipinski definition) is 3. The van der Waals surface area contributed by atoms with Crippen LogP contribution in [0.15, 0.2) is 24.4 Å². The molecule has 2 aromatic heterocycles. The minimum Gasteiger partial charge on any atom is -0.341 e. The summed E-state index contributed by atoms with van der Waals surface area (Å²) in [6.07, 6.45) is 2.37. The molecule has 0 aliphatic heterocycles. The lowest BCUT2D eigenvalue weighted by atomic mass is 10.1. The number of nitrogens with zero attached hydrogens (tertiary/aromatic N) is 3. The summed E-state index contributed by atoms with van der Waals surface area (Å²) < 4.78 is 0. The minimum atomic E-state index is -0.0663.